The maximum Gasteiger partial charge on any atom is 0.136 e. The van der Waals surface area contributed by atoms with Crippen molar-refractivity contribution in [1.82, 2.24) is 10.6 Å². The topological polar surface area (TPSA) is 49.6 Å². The minimum Gasteiger partial charge on any atom is -0.456 e. The van der Waals surface area contributed by atoms with Gasteiger partial charge in [-0.3, -0.25) is 5.32 Å². The summed E-state index contributed by atoms with van der Waals surface area (Å²) in [4.78, 5) is 5.27. The summed E-state index contributed by atoms with van der Waals surface area (Å²) in [6.45, 7) is 0. The largest absolute Gasteiger partial charge is 0.456 e. The van der Waals surface area contributed by atoms with E-state index in [4.69, 9.17) is 9.41 Å². The van der Waals surface area contributed by atoms with Gasteiger partial charge in [-0.05, 0) is 81.6 Å². The van der Waals surface area contributed by atoms with Crippen LogP contribution in [0.4, 0.5) is 0 Å². The van der Waals surface area contributed by atoms with E-state index in [1.54, 1.807) is 0 Å². The number of fused-ring (bicyclic) bond motifs is 8. The monoisotopic (exact) mass is 715 g/mol. The molecule has 260 valence electrons. The van der Waals surface area contributed by atoms with E-state index in [-0.39, 0.29) is 18.2 Å². The second kappa shape index (κ2) is 12.8. The van der Waals surface area contributed by atoms with Crippen LogP contribution in [0.5, 0.6) is 0 Å². The Morgan fingerprint density at radius 3 is 2.30 bits per heavy atom. The van der Waals surface area contributed by atoms with E-state index < -0.39 is 0 Å². The van der Waals surface area contributed by atoms with Crippen LogP contribution < -0.4 is 10.6 Å². The van der Waals surface area contributed by atoms with Crippen molar-refractivity contribution in [1.29, 1.82) is 0 Å². The maximum atomic E-state index is 6.35. The van der Waals surface area contributed by atoms with Gasteiger partial charge in [0.2, 0.25) is 0 Å². The summed E-state index contributed by atoms with van der Waals surface area (Å²) in [7, 11) is 0. The van der Waals surface area contributed by atoms with E-state index in [0.29, 0.717) is 0 Å². The Morgan fingerprint density at radius 1 is 0.667 bits per heavy atom. The SMILES string of the molecule is C1=CCC(C2=NC(C3=CC=C(c4cccc5c4sc4c(-c6ccc7oc8ccc9ccccc9c8c7c6)cccc45)CC3)NC(c3ccccc3)N2)C=C1. The molecule has 0 saturated carbocycles. The molecule has 0 fully saturated rings. The van der Waals surface area contributed by atoms with Crippen LogP contribution >= 0.6 is 11.3 Å². The van der Waals surface area contributed by atoms with Crippen LogP contribution in [0.25, 0.3) is 69.6 Å². The van der Waals surface area contributed by atoms with E-state index in [9.17, 15) is 0 Å². The number of amidine groups is 1. The zero-order chi connectivity index (χ0) is 35.6. The summed E-state index contributed by atoms with van der Waals surface area (Å²) >= 11 is 1.92. The molecule has 2 N–H and O–H groups in total. The zero-order valence-corrected chi connectivity index (χ0v) is 30.4. The first-order valence-electron chi connectivity index (χ1n) is 18.9. The molecule has 3 atom stereocenters. The Kier molecular flexibility index (Phi) is 7.49. The highest BCUT2D eigenvalue weighted by atomic mass is 32.1. The van der Waals surface area contributed by atoms with E-state index >= 15 is 0 Å². The molecule has 0 bridgehead atoms. The van der Waals surface area contributed by atoms with Crippen molar-refractivity contribution in [2.45, 2.75) is 31.6 Å². The fourth-order valence-corrected chi connectivity index (χ4v) is 10.1. The zero-order valence-electron chi connectivity index (χ0n) is 29.6. The maximum absolute atomic E-state index is 6.35. The van der Waals surface area contributed by atoms with Gasteiger partial charge in [0.05, 0.1) is 0 Å². The van der Waals surface area contributed by atoms with E-state index in [2.05, 4.69) is 168 Å². The number of allylic oxidation sites excluding steroid dienone is 6. The van der Waals surface area contributed by atoms with E-state index in [1.165, 1.54) is 69.7 Å². The second-order valence-corrected chi connectivity index (χ2v) is 15.6. The van der Waals surface area contributed by atoms with Crippen LogP contribution in [-0.2, 0) is 0 Å². The summed E-state index contributed by atoms with van der Waals surface area (Å²) in [6.07, 6.45) is 16.3. The normalized spacial score (nSPS) is 20.1. The standard InChI is InChI=1S/C49H37N3OS/c1-3-12-32(13-4-1)47-50-48(33-14-5-2-6-15-33)52-49(51-47)34-23-21-31(22-24-34)37-17-9-19-39-40-20-10-18-38(46(40)54-45(37)39)35-26-27-42-41(29-35)44-36-16-8-7-11-30(36)25-28-43(44)53-42/h1-14,16-21,23,25-29,33,47,49,51H,15,22,24H2,(H,50,52). The van der Waals surface area contributed by atoms with Crippen LogP contribution in [0.3, 0.4) is 0 Å². The number of thiophene rings is 1. The number of nitrogens with zero attached hydrogens (tertiary/aromatic N) is 1. The third kappa shape index (κ3) is 5.26. The lowest BCUT2D eigenvalue weighted by atomic mass is 9.90. The number of hydrogen-bond donors (Lipinski definition) is 2. The van der Waals surface area contributed by atoms with Gasteiger partial charge in [0.25, 0.3) is 0 Å². The van der Waals surface area contributed by atoms with Gasteiger partial charge >= 0.3 is 0 Å². The molecule has 5 heteroatoms. The molecule has 2 aromatic heterocycles. The smallest absolute Gasteiger partial charge is 0.136 e. The Bertz CT molecular complexity index is 2940. The third-order valence-corrected chi connectivity index (χ3v) is 12.7. The number of benzene rings is 6. The quantitative estimate of drug-likeness (QED) is 0.186. The molecule has 3 aliphatic rings. The van der Waals surface area contributed by atoms with Gasteiger partial charge in [-0.1, -0.05) is 140 Å². The lowest BCUT2D eigenvalue weighted by Gasteiger charge is -2.35. The minimum atomic E-state index is -0.0751. The minimum absolute atomic E-state index is 0.00284. The van der Waals surface area contributed by atoms with Crippen LogP contribution in [0, 0.1) is 5.92 Å². The lowest BCUT2D eigenvalue weighted by molar-refractivity contribution is 0.415. The summed E-state index contributed by atoms with van der Waals surface area (Å²) in [5.41, 5.74) is 9.60. The van der Waals surface area contributed by atoms with Gasteiger partial charge in [0.15, 0.2) is 0 Å². The van der Waals surface area contributed by atoms with Gasteiger partial charge in [-0.15, -0.1) is 11.3 Å². The molecule has 3 unspecified atom stereocenters. The summed E-state index contributed by atoms with van der Waals surface area (Å²) in [5, 5.41) is 15.0. The number of aliphatic imine (C=N–C) groups is 1. The van der Waals surface area contributed by atoms with E-state index in [0.717, 1.165) is 41.7 Å². The van der Waals surface area contributed by atoms with Crippen LogP contribution in [0.2, 0.25) is 0 Å². The first-order valence-corrected chi connectivity index (χ1v) is 19.7. The molecule has 0 amide bonds. The van der Waals surface area contributed by atoms with Crippen LogP contribution in [0.15, 0.2) is 173 Å². The second-order valence-electron chi connectivity index (χ2n) is 14.6. The van der Waals surface area contributed by atoms with Gasteiger partial charge in [-0.2, -0.15) is 0 Å². The van der Waals surface area contributed by atoms with Crippen molar-refractivity contribution in [3.63, 3.8) is 0 Å². The predicted molar refractivity (Wildman–Crippen MR) is 228 cm³/mol. The van der Waals surface area contributed by atoms with Crippen molar-refractivity contribution >= 4 is 75.6 Å². The molecule has 1 aliphatic heterocycles. The molecule has 54 heavy (non-hydrogen) atoms. The van der Waals surface area contributed by atoms with Gasteiger partial charge in [0.1, 0.15) is 29.3 Å². The molecule has 0 spiro atoms. The fraction of sp³-hybridized carbons (Fsp3) is 0.122. The van der Waals surface area contributed by atoms with Crippen molar-refractivity contribution in [2.24, 2.45) is 10.9 Å². The highest BCUT2D eigenvalue weighted by molar-refractivity contribution is 7.26. The van der Waals surface area contributed by atoms with Crippen molar-refractivity contribution in [3.05, 3.63) is 174 Å². The molecule has 0 radical (unpaired) electrons. The molecule has 0 saturated heterocycles. The third-order valence-electron chi connectivity index (χ3n) is 11.4. The van der Waals surface area contributed by atoms with Crippen molar-refractivity contribution in [3.8, 4) is 11.1 Å². The Balaban J connectivity index is 0.968. The van der Waals surface area contributed by atoms with Crippen LogP contribution in [0.1, 0.15) is 36.6 Å². The lowest BCUT2D eigenvalue weighted by Crippen LogP contribution is -2.50. The molecule has 2 aliphatic carbocycles. The average Bonchev–Trinajstić information content (AvgIpc) is 3.83. The summed E-state index contributed by atoms with van der Waals surface area (Å²) in [6, 6.07) is 43.8. The average molecular weight is 716 g/mol. The fourth-order valence-electron chi connectivity index (χ4n) is 8.68. The molecule has 3 heterocycles. The van der Waals surface area contributed by atoms with Gasteiger partial charge < -0.3 is 9.73 Å². The molecular formula is C49H37N3OS. The number of furan rings is 1. The summed E-state index contributed by atoms with van der Waals surface area (Å²) < 4.78 is 9.02. The molecular weight excluding hydrogens is 679 g/mol. The Labute approximate surface area is 317 Å². The Hall–Kier alpha value is -6.01. The number of hydrogen-bond acceptors (Lipinski definition) is 5. The predicted octanol–water partition coefficient (Wildman–Crippen LogP) is 12.6. The van der Waals surface area contributed by atoms with Crippen molar-refractivity contribution in [2.75, 3.05) is 0 Å². The number of rotatable bonds is 5. The molecule has 6 aromatic carbocycles. The Morgan fingerprint density at radius 2 is 1.46 bits per heavy atom. The van der Waals surface area contributed by atoms with Crippen LogP contribution in [-0.4, -0.2) is 12.0 Å². The van der Waals surface area contributed by atoms with Gasteiger partial charge in [-0.25, -0.2) is 4.99 Å². The molecule has 8 aromatic rings. The highest BCUT2D eigenvalue weighted by Crippen LogP contribution is 2.45. The van der Waals surface area contributed by atoms with Crippen molar-refractivity contribution < 1.29 is 4.42 Å². The van der Waals surface area contributed by atoms with E-state index in [1.807, 2.05) is 11.3 Å². The first kappa shape index (κ1) is 31.5. The molecule has 11 rings (SSSR count). The molecule has 4 nitrogen and oxygen atoms in total. The summed E-state index contributed by atoms with van der Waals surface area (Å²) in [5.74, 6) is 1.32. The van der Waals surface area contributed by atoms with Gasteiger partial charge in [0, 0.05) is 36.9 Å². The first-order chi connectivity index (χ1) is 26.7. The number of nitrogens with one attached hydrogen (secondary N) is 2. The highest BCUT2D eigenvalue weighted by Gasteiger charge is 2.29.